The Morgan fingerprint density at radius 3 is 2.65 bits per heavy atom. The van der Waals surface area contributed by atoms with E-state index >= 15 is 0 Å². The molecule has 0 amide bonds. The number of nitrogens with two attached hydrogens (primary N) is 1. The summed E-state index contributed by atoms with van der Waals surface area (Å²) in [4.78, 5) is 11.3. The molecule has 0 saturated heterocycles. The quantitative estimate of drug-likeness (QED) is 0.794. The summed E-state index contributed by atoms with van der Waals surface area (Å²) in [5.74, 6) is -0.285. The molecule has 1 rings (SSSR count). The zero-order valence-electron chi connectivity index (χ0n) is 10.1. The smallest absolute Gasteiger partial charge is 0.309 e. The van der Waals surface area contributed by atoms with Gasteiger partial charge in [0.2, 0.25) is 0 Å². The number of rotatable bonds is 4. The van der Waals surface area contributed by atoms with Crippen LogP contribution in [0.15, 0.2) is 12.1 Å². The van der Waals surface area contributed by atoms with Gasteiger partial charge >= 0.3 is 5.97 Å². The van der Waals surface area contributed by atoms with Crippen molar-refractivity contribution in [2.24, 2.45) is 5.73 Å². The van der Waals surface area contributed by atoms with E-state index in [4.69, 9.17) is 11.0 Å². The molecule has 0 atom stereocenters. The van der Waals surface area contributed by atoms with Crippen LogP contribution in [0.25, 0.3) is 0 Å². The van der Waals surface area contributed by atoms with Gasteiger partial charge in [-0.25, -0.2) is 0 Å². The summed E-state index contributed by atoms with van der Waals surface area (Å²) in [7, 11) is 1.36. The molecule has 0 unspecified atom stereocenters. The predicted molar refractivity (Wildman–Crippen MR) is 64.1 cm³/mol. The van der Waals surface area contributed by atoms with Crippen LogP contribution in [-0.4, -0.2) is 13.1 Å². The average molecular weight is 232 g/mol. The Kier molecular flexibility index (Phi) is 4.68. The highest BCUT2D eigenvalue weighted by Crippen LogP contribution is 2.20. The van der Waals surface area contributed by atoms with Crippen LogP contribution in [0.3, 0.4) is 0 Å². The number of hydrogen-bond donors (Lipinski definition) is 1. The molecule has 0 aromatic heterocycles. The van der Waals surface area contributed by atoms with Crippen LogP contribution < -0.4 is 5.73 Å². The SMILES string of the molecule is CCc1c(CC(=O)OC)ccc(C#N)c1CN. The van der Waals surface area contributed by atoms with Gasteiger partial charge in [-0.2, -0.15) is 5.26 Å². The standard InChI is InChI=1S/C13H16N2O2/c1-3-11-9(6-13(16)17-2)4-5-10(7-14)12(11)8-15/h4-5H,3,6,8,15H2,1-2H3. The minimum Gasteiger partial charge on any atom is -0.469 e. The maximum atomic E-state index is 11.3. The third-order valence-electron chi connectivity index (χ3n) is 2.77. The van der Waals surface area contributed by atoms with Crippen molar-refractivity contribution in [3.05, 3.63) is 34.4 Å². The van der Waals surface area contributed by atoms with Gasteiger partial charge in [0.1, 0.15) is 0 Å². The number of esters is 1. The first-order valence-corrected chi connectivity index (χ1v) is 5.48. The van der Waals surface area contributed by atoms with Gasteiger partial charge in [-0.15, -0.1) is 0 Å². The van der Waals surface area contributed by atoms with E-state index in [0.29, 0.717) is 12.1 Å². The van der Waals surface area contributed by atoms with E-state index in [1.54, 1.807) is 12.1 Å². The molecule has 2 N–H and O–H groups in total. The topological polar surface area (TPSA) is 76.1 Å². The van der Waals surface area contributed by atoms with E-state index < -0.39 is 0 Å². The lowest BCUT2D eigenvalue weighted by molar-refractivity contribution is -0.139. The van der Waals surface area contributed by atoms with E-state index in [0.717, 1.165) is 23.1 Å². The summed E-state index contributed by atoms with van der Waals surface area (Å²) >= 11 is 0. The zero-order valence-corrected chi connectivity index (χ0v) is 10.1. The van der Waals surface area contributed by atoms with Crippen molar-refractivity contribution in [3.63, 3.8) is 0 Å². The monoisotopic (exact) mass is 232 g/mol. The highest BCUT2D eigenvalue weighted by Gasteiger charge is 2.13. The molecule has 4 heteroatoms. The number of nitriles is 1. The molecule has 1 aromatic carbocycles. The summed E-state index contributed by atoms with van der Waals surface area (Å²) in [6.45, 7) is 2.29. The molecular formula is C13H16N2O2. The highest BCUT2D eigenvalue weighted by molar-refractivity contribution is 5.73. The lowest BCUT2D eigenvalue weighted by Gasteiger charge is -2.13. The number of methoxy groups -OCH3 is 1. The molecule has 0 fully saturated rings. The van der Waals surface area contributed by atoms with Crippen molar-refractivity contribution in [3.8, 4) is 6.07 Å². The fraction of sp³-hybridized carbons (Fsp3) is 0.385. The van der Waals surface area contributed by atoms with E-state index in [1.165, 1.54) is 7.11 Å². The molecule has 90 valence electrons. The Labute approximate surface area is 101 Å². The van der Waals surface area contributed by atoms with Crippen molar-refractivity contribution in [2.45, 2.75) is 26.3 Å². The molecule has 0 bridgehead atoms. The molecule has 1 aromatic rings. The molecule has 0 spiro atoms. The lowest BCUT2D eigenvalue weighted by atomic mass is 9.93. The molecule has 0 aliphatic carbocycles. The van der Waals surface area contributed by atoms with E-state index in [1.807, 2.05) is 6.92 Å². The van der Waals surface area contributed by atoms with Gasteiger partial charge < -0.3 is 10.5 Å². The van der Waals surface area contributed by atoms with Crippen LogP contribution >= 0.6 is 0 Å². The van der Waals surface area contributed by atoms with Crippen molar-refractivity contribution in [1.82, 2.24) is 0 Å². The van der Waals surface area contributed by atoms with Crippen LogP contribution in [-0.2, 0) is 28.9 Å². The second-order valence-corrected chi connectivity index (χ2v) is 3.65. The van der Waals surface area contributed by atoms with Gasteiger partial charge in [-0.05, 0) is 29.2 Å². The largest absolute Gasteiger partial charge is 0.469 e. The Morgan fingerprint density at radius 1 is 1.47 bits per heavy atom. The van der Waals surface area contributed by atoms with Crippen molar-refractivity contribution >= 4 is 5.97 Å². The predicted octanol–water partition coefficient (Wildman–Crippen LogP) is 1.29. The van der Waals surface area contributed by atoms with Crippen molar-refractivity contribution in [2.75, 3.05) is 7.11 Å². The minimum atomic E-state index is -0.285. The Bertz CT molecular complexity index is 461. The van der Waals surface area contributed by atoms with Gasteiger partial charge in [-0.3, -0.25) is 4.79 Å². The molecule has 0 saturated carbocycles. The van der Waals surface area contributed by atoms with Gasteiger partial charge in [-0.1, -0.05) is 13.0 Å². The summed E-state index contributed by atoms with van der Waals surface area (Å²) < 4.78 is 4.65. The van der Waals surface area contributed by atoms with E-state index in [2.05, 4.69) is 10.8 Å². The average Bonchev–Trinajstić information content (AvgIpc) is 2.37. The first-order valence-electron chi connectivity index (χ1n) is 5.48. The summed E-state index contributed by atoms with van der Waals surface area (Å²) in [6, 6.07) is 5.63. The van der Waals surface area contributed by atoms with Gasteiger partial charge in [0, 0.05) is 6.54 Å². The number of carbonyl (C=O) groups excluding carboxylic acids is 1. The second kappa shape index (κ2) is 6.02. The summed E-state index contributed by atoms with van der Waals surface area (Å²) in [5, 5.41) is 8.99. The Morgan fingerprint density at radius 2 is 2.18 bits per heavy atom. The maximum Gasteiger partial charge on any atom is 0.309 e. The normalized spacial score (nSPS) is 9.76. The lowest BCUT2D eigenvalue weighted by Crippen LogP contribution is -2.11. The molecule has 17 heavy (non-hydrogen) atoms. The molecular weight excluding hydrogens is 216 g/mol. The summed E-state index contributed by atoms with van der Waals surface area (Å²) in [6.07, 6.45) is 0.965. The fourth-order valence-electron chi connectivity index (χ4n) is 1.91. The fourth-order valence-corrected chi connectivity index (χ4v) is 1.91. The Balaban J connectivity index is 3.24. The van der Waals surface area contributed by atoms with E-state index in [-0.39, 0.29) is 12.4 Å². The second-order valence-electron chi connectivity index (χ2n) is 3.65. The molecule has 0 aliphatic heterocycles. The molecule has 0 heterocycles. The first-order chi connectivity index (χ1) is 8.17. The number of hydrogen-bond acceptors (Lipinski definition) is 4. The van der Waals surface area contributed by atoms with E-state index in [9.17, 15) is 4.79 Å². The maximum absolute atomic E-state index is 11.3. The van der Waals surface area contributed by atoms with Crippen LogP contribution in [0.2, 0.25) is 0 Å². The summed E-state index contributed by atoms with van der Waals surface area (Å²) in [5.41, 5.74) is 8.95. The third-order valence-corrected chi connectivity index (χ3v) is 2.77. The third kappa shape index (κ3) is 2.83. The highest BCUT2D eigenvalue weighted by atomic mass is 16.5. The van der Waals surface area contributed by atoms with Crippen LogP contribution in [0.1, 0.15) is 29.2 Å². The molecule has 0 radical (unpaired) electrons. The van der Waals surface area contributed by atoms with Gasteiger partial charge in [0.25, 0.3) is 0 Å². The number of carbonyl (C=O) groups is 1. The zero-order chi connectivity index (χ0) is 12.8. The molecule has 4 nitrogen and oxygen atoms in total. The molecule has 0 aliphatic rings. The van der Waals surface area contributed by atoms with Crippen LogP contribution in [0.5, 0.6) is 0 Å². The van der Waals surface area contributed by atoms with Crippen molar-refractivity contribution < 1.29 is 9.53 Å². The van der Waals surface area contributed by atoms with Crippen LogP contribution in [0, 0.1) is 11.3 Å². The van der Waals surface area contributed by atoms with Gasteiger partial charge in [0.15, 0.2) is 0 Å². The van der Waals surface area contributed by atoms with Gasteiger partial charge in [0.05, 0.1) is 25.2 Å². The minimum absolute atomic E-state index is 0.221. The van der Waals surface area contributed by atoms with Crippen molar-refractivity contribution in [1.29, 1.82) is 5.26 Å². The number of ether oxygens (including phenoxy) is 1. The Hall–Kier alpha value is -1.86. The number of benzene rings is 1. The number of nitrogens with zero attached hydrogens (tertiary/aromatic N) is 1. The first kappa shape index (κ1) is 13.2. The van der Waals surface area contributed by atoms with Crippen LogP contribution in [0.4, 0.5) is 0 Å².